The monoisotopic (exact) mass is 421 g/mol. The number of urea groups is 1. The first kappa shape index (κ1) is 19.9. The molecule has 1 aliphatic heterocycles. The Bertz CT molecular complexity index is 985. The van der Waals surface area contributed by atoms with Gasteiger partial charge in [-0.3, -0.25) is 10.1 Å². The number of pyridine rings is 1. The van der Waals surface area contributed by atoms with Gasteiger partial charge in [-0.15, -0.1) is 11.3 Å². The van der Waals surface area contributed by atoms with E-state index in [0.717, 1.165) is 31.7 Å². The second-order valence-electron chi connectivity index (χ2n) is 7.03. The van der Waals surface area contributed by atoms with Gasteiger partial charge in [0.1, 0.15) is 5.82 Å². The summed E-state index contributed by atoms with van der Waals surface area (Å²) in [5.74, 6) is 0.873. The third-order valence-electron chi connectivity index (χ3n) is 4.90. The summed E-state index contributed by atoms with van der Waals surface area (Å²) in [6, 6.07) is 18.4. The summed E-state index contributed by atoms with van der Waals surface area (Å²) >= 11 is 1.26. The quantitative estimate of drug-likeness (QED) is 0.577. The molecule has 0 aliphatic carbocycles. The molecule has 8 heteroatoms. The van der Waals surface area contributed by atoms with Crippen molar-refractivity contribution < 1.29 is 9.59 Å². The van der Waals surface area contributed by atoms with Crippen LogP contribution < -0.4 is 20.9 Å². The van der Waals surface area contributed by atoms with E-state index in [2.05, 4.69) is 25.8 Å². The predicted octanol–water partition coefficient (Wildman–Crippen LogP) is 4.19. The Morgan fingerprint density at radius 2 is 1.70 bits per heavy atom. The van der Waals surface area contributed by atoms with E-state index in [4.69, 9.17) is 0 Å². The smallest absolute Gasteiger partial charge is 0.324 e. The van der Waals surface area contributed by atoms with Gasteiger partial charge in [-0.05, 0) is 49.2 Å². The molecule has 3 N–H and O–H groups in total. The number of carbonyl (C=O) groups is 2. The summed E-state index contributed by atoms with van der Waals surface area (Å²) in [6.45, 7) is 1.72. The van der Waals surface area contributed by atoms with Gasteiger partial charge in [0, 0.05) is 31.0 Å². The lowest BCUT2D eigenvalue weighted by atomic mass is 10.0. The fourth-order valence-electron chi connectivity index (χ4n) is 3.37. The Labute approximate surface area is 179 Å². The predicted molar refractivity (Wildman–Crippen MR) is 120 cm³/mol. The average molecular weight is 422 g/mol. The number of hydrogen-bond acceptors (Lipinski definition) is 5. The average Bonchev–Trinajstić information content (AvgIpc) is 3.24. The minimum atomic E-state index is -0.336. The number of carbonyl (C=O) groups excluding carboxylic acids is 2. The Kier molecular flexibility index (Phi) is 6.24. The van der Waals surface area contributed by atoms with E-state index in [1.165, 1.54) is 11.3 Å². The Hall–Kier alpha value is -3.39. The Morgan fingerprint density at radius 1 is 0.933 bits per heavy atom. The van der Waals surface area contributed by atoms with Gasteiger partial charge >= 0.3 is 6.03 Å². The molecule has 30 heavy (non-hydrogen) atoms. The van der Waals surface area contributed by atoms with Crippen molar-refractivity contribution in [2.75, 3.05) is 28.6 Å². The zero-order valence-corrected chi connectivity index (χ0v) is 17.2. The van der Waals surface area contributed by atoms with Gasteiger partial charge in [-0.25, -0.2) is 9.78 Å². The molecule has 7 nitrogen and oxygen atoms in total. The molecule has 1 saturated heterocycles. The molecule has 0 unspecified atom stereocenters. The number of piperidine rings is 1. The molecule has 0 radical (unpaired) electrons. The van der Waals surface area contributed by atoms with Crippen molar-refractivity contribution in [1.29, 1.82) is 0 Å². The van der Waals surface area contributed by atoms with Crippen molar-refractivity contribution in [3.05, 3.63) is 71.7 Å². The highest BCUT2D eigenvalue weighted by atomic mass is 32.1. The van der Waals surface area contributed by atoms with Crippen molar-refractivity contribution in [2.45, 2.75) is 18.9 Å². The SMILES string of the molecule is O=C(Nc1ccccc1)Nc1ccc(C(=O)NC2CCN(c3ccccn3)CC2)s1. The first-order valence-corrected chi connectivity index (χ1v) is 10.7. The van der Waals surface area contributed by atoms with Crippen molar-refractivity contribution in [2.24, 2.45) is 0 Å². The fourth-order valence-corrected chi connectivity index (χ4v) is 4.18. The molecule has 154 valence electrons. The first-order valence-electron chi connectivity index (χ1n) is 9.87. The van der Waals surface area contributed by atoms with E-state index in [0.29, 0.717) is 15.6 Å². The second kappa shape index (κ2) is 9.41. The lowest BCUT2D eigenvalue weighted by Gasteiger charge is -2.33. The summed E-state index contributed by atoms with van der Waals surface area (Å²) in [4.78, 5) is 31.9. The summed E-state index contributed by atoms with van der Waals surface area (Å²) in [5, 5.41) is 9.26. The highest BCUT2D eigenvalue weighted by Gasteiger charge is 2.22. The molecule has 1 aliphatic rings. The van der Waals surface area contributed by atoms with Crippen LogP contribution in [0.2, 0.25) is 0 Å². The van der Waals surface area contributed by atoms with Crippen LogP contribution >= 0.6 is 11.3 Å². The molecule has 2 aromatic heterocycles. The maximum atomic E-state index is 12.6. The number of nitrogens with zero attached hydrogens (tertiary/aromatic N) is 2. The summed E-state index contributed by atoms with van der Waals surface area (Å²) in [5.41, 5.74) is 0.710. The van der Waals surface area contributed by atoms with Crippen LogP contribution in [0.25, 0.3) is 0 Å². The lowest BCUT2D eigenvalue weighted by molar-refractivity contribution is 0.0935. The Balaban J connectivity index is 1.26. The molecule has 0 spiro atoms. The van der Waals surface area contributed by atoms with E-state index < -0.39 is 0 Å². The van der Waals surface area contributed by atoms with E-state index in [9.17, 15) is 9.59 Å². The minimum Gasteiger partial charge on any atom is -0.356 e. The van der Waals surface area contributed by atoms with Crippen LogP contribution in [0.1, 0.15) is 22.5 Å². The molecule has 3 heterocycles. The van der Waals surface area contributed by atoms with Crippen LogP contribution in [0.3, 0.4) is 0 Å². The van der Waals surface area contributed by atoms with Gasteiger partial charge in [0.25, 0.3) is 5.91 Å². The number of aromatic nitrogens is 1. The molecule has 0 bridgehead atoms. The number of hydrogen-bond donors (Lipinski definition) is 3. The summed E-state index contributed by atoms with van der Waals surface area (Å²) in [6.07, 6.45) is 3.54. The van der Waals surface area contributed by atoms with Crippen LogP contribution in [0, 0.1) is 0 Å². The van der Waals surface area contributed by atoms with E-state index in [-0.39, 0.29) is 18.0 Å². The normalized spacial score (nSPS) is 14.2. The molecule has 0 atom stereocenters. The van der Waals surface area contributed by atoms with Crippen molar-refractivity contribution in [3.63, 3.8) is 0 Å². The van der Waals surface area contributed by atoms with Gasteiger partial charge < -0.3 is 15.5 Å². The summed E-state index contributed by atoms with van der Waals surface area (Å²) in [7, 11) is 0. The zero-order valence-electron chi connectivity index (χ0n) is 16.4. The topological polar surface area (TPSA) is 86.4 Å². The lowest BCUT2D eigenvalue weighted by Crippen LogP contribution is -2.44. The summed E-state index contributed by atoms with van der Waals surface area (Å²) < 4.78 is 0. The highest BCUT2D eigenvalue weighted by molar-refractivity contribution is 7.18. The maximum absolute atomic E-state index is 12.6. The number of rotatable bonds is 5. The molecule has 1 fully saturated rings. The van der Waals surface area contributed by atoms with Gasteiger partial charge in [0.05, 0.1) is 9.88 Å². The molecule has 3 amide bonds. The second-order valence-corrected chi connectivity index (χ2v) is 8.12. The third kappa shape index (κ3) is 5.15. The zero-order chi connectivity index (χ0) is 20.8. The third-order valence-corrected chi connectivity index (χ3v) is 5.90. The van der Waals surface area contributed by atoms with E-state index >= 15 is 0 Å². The van der Waals surface area contributed by atoms with Gasteiger partial charge in [-0.2, -0.15) is 0 Å². The van der Waals surface area contributed by atoms with Crippen LogP contribution in [0.5, 0.6) is 0 Å². The van der Waals surface area contributed by atoms with Crippen molar-refractivity contribution >= 4 is 39.8 Å². The van der Waals surface area contributed by atoms with Gasteiger partial charge in [-0.1, -0.05) is 24.3 Å². The number of thiophene rings is 1. The number of para-hydroxylation sites is 1. The molecular weight excluding hydrogens is 398 g/mol. The highest BCUT2D eigenvalue weighted by Crippen LogP contribution is 2.23. The first-order chi connectivity index (χ1) is 14.7. The minimum absolute atomic E-state index is 0.104. The molecule has 3 aromatic rings. The van der Waals surface area contributed by atoms with Crippen molar-refractivity contribution in [1.82, 2.24) is 10.3 Å². The molecule has 4 rings (SSSR count). The molecule has 1 aromatic carbocycles. The fraction of sp³-hybridized carbons (Fsp3) is 0.227. The van der Waals surface area contributed by atoms with Crippen LogP contribution in [-0.4, -0.2) is 36.1 Å². The van der Waals surface area contributed by atoms with Gasteiger partial charge in [0.15, 0.2) is 0 Å². The van der Waals surface area contributed by atoms with Crippen LogP contribution in [0.15, 0.2) is 66.9 Å². The van der Waals surface area contributed by atoms with Crippen LogP contribution in [0.4, 0.5) is 21.3 Å². The number of amides is 3. The molecule has 0 saturated carbocycles. The molecular formula is C22H23N5O2S. The van der Waals surface area contributed by atoms with Crippen LogP contribution in [-0.2, 0) is 0 Å². The maximum Gasteiger partial charge on any atom is 0.324 e. The van der Waals surface area contributed by atoms with E-state index in [1.54, 1.807) is 18.3 Å². The number of benzene rings is 1. The largest absolute Gasteiger partial charge is 0.356 e. The number of nitrogens with one attached hydrogen (secondary N) is 3. The number of anilines is 3. The van der Waals surface area contributed by atoms with E-state index in [1.807, 2.05) is 48.5 Å². The standard InChI is InChI=1S/C22H23N5O2S/c28-21(24-17-11-14-27(15-12-17)19-8-4-5-13-23-19)18-9-10-20(30-18)26-22(29)25-16-6-2-1-3-7-16/h1-10,13,17H,11-12,14-15H2,(H,24,28)(H2,25,26,29). The van der Waals surface area contributed by atoms with Crippen molar-refractivity contribution in [3.8, 4) is 0 Å². The van der Waals surface area contributed by atoms with Gasteiger partial charge in [0.2, 0.25) is 0 Å². The Morgan fingerprint density at radius 3 is 2.43 bits per heavy atom.